The quantitative estimate of drug-likeness (QED) is 0.205. The summed E-state index contributed by atoms with van der Waals surface area (Å²) in [5, 5.41) is 4.92. The number of methoxy groups -OCH3 is 2. The van der Waals surface area contributed by atoms with Crippen LogP contribution in [0.1, 0.15) is 16.0 Å². The molecular formula is C29H35N3O4S2. The summed E-state index contributed by atoms with van der Waals surface area (Å²) in [5.41, 5.74) is 2.85. The Labute approximate surface area is 233 Å². The summed E-state index contributed by atoms with van der Waals surface area (Å²) in [6.07, 6.45) is 4.26. The number of carbonyl (C=O) groups excluding carboxylic acids is 2. The van der Waals surface area contributed by atoms with Crippen molar-refractivity contribution in [2.45, 2.75) is 24.8 Å². The lowest BCUT2D eigenvalue weighted by Gasteiger charge is -2.27. The number of benzene rings is 2. The average molecular weight is 554 g/mol. The first kappa shape index (κ1) is 29.1. The maximum atomic E-state index is 13.6. The van der Waals surface area contributed by atoms with E-state index in [1.54, 1.807) is 43.4 Å². The lowest BCUT2D eigenvalue weighted by atomic mass is 10.1. The van der Waals surface area contributed by atoms with Crippen LogP contribution in [0.15, 0.2) is 71.5 Å². The first-order valence-corrected chi connectivity index (χ1v) is 14.3. The average Bonchev–Trinajstić information content (AvgIpc) is 3.34. The number of thiophene rings is 1. The van der Waals surface area contributed by atoms with E-state index in [0.29, 0.717) is 36.7 Å². The number of hydrogen-bond donors (Lipinski definition) is 1. The molecule has 3 aromatic rings. The molecule has 1 aromatic heterocycles. The number of aryl methyl sites for hydroxylation is 1. The van der Waals surface area contributed by atoms with Gasteiger partial charge < -0.3 is 24.6 Å². The van der Waals surface area contributed by atoms with Gasteiger partial charge in [-0.25, -0.2) is 4.79 Å². The molecule has 1 N–H and O–H groups in total. The minimum Gasteiger partial charge on any atom is -0.493 e. The number of urea groups is 1. The number of ether oxygens (including phenoxy) is 2. The molecule has 7 nitrogen and oxygen atoms in total. The molecule has 0 unspecified atom stereocenters. The molecule has 3 rings (SSSR count). The first-order valence-electron chi connectivity index (χ1n) is 12.2. The number of carbonyl (C=O) groups is 2. The Morgan fingerprint density at radius 1 is 1.05 bits per heavy atom. The summed E-state index contributed by atoms with van der Waals surface area (Å²) in [5.74, 6) is 1.18. The molecule has 0 aliphatic rings. The van der Waals surface area contributed by atoms with E-state index in [4.69, 9.17) is 9.47 Å². The molecular weight excluding hydrogens is 518 g/mol. The predicted octanol–water partition coefficient (Wildman–Crippen LogP) is 6.09. The SMILES string of the molecule is C=CCN(CC(=O)N(CCc1ccc(OC)c(OC)c1)Cc1sccc1C)C(=O)Nc1ccc(SC)cc1. The van der Waals surface area contributed by atoms with Gasteiger partial charge in [-0.05, 0) is 78.6 Å². The van der Waals surface area contributed by atoms with Crippen molar-refractivity contribution >= 4 is 40.7 Å². The van der Waals surface area contributed by atoms with E-state index < -0.39 is 0 Å². The van der Waals surface area contributed by atoms with Gasteiger partial charge in [-0.2, -0.15) is 0 Å². The molecule has 0 saturated heterocycles. The standard InChI is InChI=1S/C29H35N3O4S2/c1-6-15-32(29(34)30-23-8-10-24(37-5)11-9-23)20-28(33)31(19-27-21(2)14-17-38-27)16-13-22-7-12-25(35-3)26(18-22)36-4/h6-12,14,17-18H,1,13,15-16,19-20H2,2-5H3,(H,30,34). The van der Waals surface area contributed by atoms with Gasteiger partial charge in [-0.3, -0.25) is 4.79 Å². The van der Waals surface area contributed by atoms with Crippen molar-refractivity contribution < 1.29 is 19.1 Å². The number of thioether (sulfide) groups is 1. The van der Waals surface area contributed by atoms with Crippen LogP contribution in [0, 0.1) is 6.92 Å². The van der Waals surface area contributed by atoms with Crippen molar-refractivity contribution in [3.63, 3.8) is 0 Å². The molecule has 0 aliphatic heterocycles. The van der Waals surface area contributed by atoms with Gasteiger partial charge in [0.05, 0.1) is 20.8 Å². The highest BCUT2D eigenvalue weighted by Crippen LogP contribution is 2.28. The van der Waals surface area contributed by atoms with Crippen LogP contribution in [0.5, 0.6) is 11.5 Å². The van der Waals surface area contributed by atoms with Gasteiger partial charge in [0, 0.05) is 28.5 Å². The Balaban J connectivity index is 1.74. The van der Waals surface area contributed by atoms with Crippen LogP contribution in [0.3, 0.4) is 0 Å². The van der Waals surface area contributed by atoms with E-state index in [1.165, 1.54) is 4.90 Å². The number of nitrogens with zero attached hydrogens (tertiary/aromatic N) is 2. The number of amides is 3. The number of nitrogens with one attached hydrogen (secondary N) is 1. The highest BCUT2D eigenvalue weighted by molar-refractivity contribution is 7.98. The van der Waals surface area contributed by atoms with Crippen LogP contribution in [0.4, 0.5) is 10.5 Å². The Morgan fingerprint density at radius 3 is 2.39 bits per heavy atom. The van der Waals surface area contributed by atoms with Gasteiger partial charge in [0.2, 0.25) is 5.91 Å². The number of hydrogen-bond acceptors (Lipinski definition) is 6. The first-order chi connectivity index (χ1) is 18.4. The van der Waals surface area contributed by atoms with Crippen molar-refractivity contribution in [3.8, 4) is 11.5 Å². The fourth-order valence-corrected chi connectivity index (χ4v) is 5.18. The lowest BCUT2D eigenvalue weighted by Crippen LogP contribution is -2.44. The lowest BCUT2D eigenvalue weighted by molar-refractivity contribution is -0.132. The van der Waals surface area contributed by atoms with E-state index in [0.717, 1.165) is 20.9 Å². The largest absolute Gasteiger partial charge is 0.493 e. The fourth-order valence-electron chi connectivity index (χ4n) is 3.85. The van der Waals surface area contributed by atoms with Crippen LogP contribution in [0.25, 0.3) is 0 Å². The van der Waals surface area contributed by atoms with Gasteiger partial charge in [-0.15, -0.1) is 29.7 Å². The molecule has 1 heterocycles. The molecule has 0 spiro atoms. The zero-order valence-electron chi connectivity index (χ0n) is 22.4. The van der Waals surface area contributed by atoms with Crippen LogP contribution >= 0.6 is 23.1 Å². The molecule has 3 amide bonds. The molecule has 0 atom stereocenters. The summed E-state index contributed by atoms with van der Waals surface area (Å²) < 4.78 is 10.8. The van der Waals surface area contributed by atoms with E-state index in [2.05, 4.69) is 18.0 Å². The Hall–Kier alpha value is -3.43. The maximum Gasteiger partial charge on any atom is 0.322 e. The third-order valence-corrected chi connectivity index (χ3v) is 7.83. The smallest absolute Gasteiger partial charge is 0.322 e. The Morgan fingerprint density at radius 2 is 1.79 bits per heavy atom. The van der Waals surface area contributed by atoms with E-state index in [1.807, 2.05) is 65.9 Å². The molecule has 2 aromatic carbocycles. The molecule has 202 valence electrons. The third kappa shape index (κ3) is 8.03. The van der Waals surface area contributed by atoms with E-state index in [-0.39, 0.29) is 25.0 Å². The second-order valence-corrected chi connectivity index (χ2v) is 10.5. The van der Waals surface area contributed by atoms with Crippen molar-refractivity contribution in [3.05, 3.63) is 82.6 Å². The second kappa shape index (κ2) is 14.5. The van der Waals surface area contributed by atoms with Gasteiger partial charge in [0.1, 0.15) is 6.54 Å². The van der Waals surface area contributed by atoms with Crippen molar-refractivity contribution in [1.82, 2.24) is 9.80 Å². The summed E-state index contributed by atoms with van der Waals surface area (Å²) in [4.78, 5) is 32.2. The van der Waals surface area contributed by atoms with E-state index in [9.17, 15) is 9.59 Å². The second-order valence-electron chi connectivity index (χ2n) is 8.61. The van der Waals surface area contributed by atoms with Gasteiger partial charge >= 0.3 is 6.03 Å². The molecule has 0 bridgehead atoms. The predicted molar refractivity (Wildman–Crippen MR) is 157 cm³/mol. The fraction of sp³-hybridized carbons (Fsp3) is 0.310. The van der Waals surface area contributed by atoms with Crippen molar-refractivity contribution in [2.24, 2.45) is 0 Å². The Bertz CT molecular complexity index is 1230. The normalized spacial score (nSPS) is 10.5. The van der Waals surface area contributed by atoms with E-state index >= 15 is 0 Å². The van der Waals surface area contributed by atoms with Crippen LogP contribution < -0.4 is 14.8 Å². The van der Waals surface area contributed by atoms with Crippen LogP contribution in [0.2, 0.25) is 0 Å². The minimum absolute atomic E-state index is 0.0584. The maximum absolute atomic E-state index is 13.6. The molecule has 38 heavy (non-hydrogen) atoms. The molecule has 0 saturated carbocycles. The number of rotatable bonds is 13. The highest BCUT2D eigenvalue weighted by Gasteiger charge is 2.22. The summed E-state index contributed by atoms with van der Waals surface area (Å²) in [6.45, 7) is 6.98. The topological polar surface area (TPSA) is 71.1 Å². The zero-order valence-corrected chi connectivity index (χ0v) is 24.0. The minimum atomic E-state index is -0.345. The summed E-state index contributed by atoms with van der Waals surface area (Å²) in [7, 11) is 3.21. The Kier molecular flexibility index (Phi) is 11.1. The van der Waals surface area contributed by atoms with Crippen LogP contribution in [-0.2, 0) is 17.8 Å². The van der Waals surface area contributed by atoms with Crippen molar-refractivity contribution in [2.75, 3.05) is 45.4 Å². The van der Waals surface area contributed by atoms with Gasteiger partial charge in [0.15, 0.2) is 11.5 Å². The molecule has 9 heteroatoms. The monoisotopic (exact) mass is 553 g/mol. The highest BCUT2D eigenvalue weighted by atomic mass is 32.2. The molecule has 0 aliphatic carbocycles. The van der Waals surface area contributed by atoms with Crippen LogP contribution in [-0.4, -0.2) is 61.8 Å². The van der Waals surface area contributed by atoms with Gasteiger partial charge in [0.25, 0.3) is 0 Å². The third-order valence-electron chi connectivity index (χ3n) is 6.08. The van der Waals surface area contributed by atoms with Crippen molar-refractivity contribution in [1.29, 1.82) is 0 Å². The summed E-state index contributed by atoms with van der Waals surface area (Å²) in [6, 6.07) is 15.1. The number of anilines is 1. The summed E-state index contributed by atoms with van der Waals surface area (Å²) >= 11 is 3.26. The van der Waals surface area contributed by atoms with Gasteiger partial charge in [-0.1, -0.05) is 12.1 Å². The molecule has 0 radical (unpaired) electrons. The molecule has 0 fully saturated rings. The zero-order chi connectivity index (χ0) is 27.5.